The average Bonchev–Trinajstić information content (AvgIpc) is 3.64. The van der Waals surface area contributed by atoms with Gasteiger partial charge in [-0.05, 0) is 76.2 Å². The summed E-state index contributed by atoms with van der Waals surface area (Å²) < 4.78 is 4.97. The van der Waals surface area contributed by atoms with E-state index in [4.69, 9.17) is 4.98 Å². The highest BCUT2D eigenvalue weighted by Crippen LogP contribution is 2.52. The normalized spacial score (nSPS) is 15.7. The Morgan fingerprint density at radius 1 is 0.614 bits per heavy atom. The van der Waals surface area contributed by atoms with Gasteiger partial charge in [0.2, 0.25) is 0 Å². The highest BCUT2D eigenvalue weighted by Gasteiger charge is 2.31. The Morgan fingerprint density at radius 3 is 2.14 bits per heavy atom. The molecule has 5 aromatic carbocycles. The van der Waals surface area contributed by atoms with Crippen LogP contribution in [0.4, 0.5) is 0 Å². The molecule has 0 spiro atoms. The first-order valence-electron chi connectivity index (χ1n) is 15.2. The molecular weight excluding hydrogens is 553 g/mol. The molecule has 3 aromatic heterocycles. The Kier molecular flexibility index (Phi) is 5.02. The van der Waals surface area contributed by atoms with Gasteiger partial charge in [-0.1, -0.05) is 97.1 Å². The molecule has 206 valence electrons. The zero-order chi connectivity index (χ0) is 28.8. The minimum Gasteiger partial charge on any atom is -0.309 e. The van der Waals surface area contributed by atoms with Gasteiger partial charge < -0.3 is 4.57 Å². The number of fused-ring (bicyclic) bond motifs is 12. The Balaban J connectivity index is 1.14. The summed E-state index contributed by atoms with van der Waals surface area (Å²) in [4.78, 5) is 5.03. The lowest BCUT2D eigenvalue weighted by molar-refractivity contribution is 0.878. The lowest BCUT2D eigenvalue weighted by Crippen LogP contribution is -2.13. The van der Waals surface area contributed by atoms with Gasteiger partial charge in [0.15, 0.2) is 0 Å². The van der Waals surface area contributed by atoms with Crippen molar-refractivity contribution in [3.05, 3.63) is 156 Å². The van der Waals surface area contributed by atoms with Gasteiger partial charge in [0.1, 0.15) is 0 Å². The molecule has 44 heavy (non-hydrogen) atoms. The molecule has 2 nitrogen and oxygen atoms in total. The molecule has 3 heteroatoms. The summed E-state index contributed by atoms with van der Waals surface area (Å²) in [7, 11) is 0. The maximum Gasteiger partial charge on any atom is 0.0840 e. The smallest absolute Gasteiger partial charge is 0.0840 e. The summed E-state index contributed by atoms with van der Waals surface area (Å²) in [6.45, 7) is 0. The number of hydrogen-bond donors (Lipinski definition) is 0. The maximum atomic E-state index is 5.03. The van der Waals surface area contributed by atoms with Crippen molar-refractivity contribution < 1.29 is 0 Å². The number of aromatic nitrogens is 2. The van der Waals surface area contributed by atoms with Crippen LogP contribution in [0.15, 0.2) is 140 Å². The number of allylic oxidation sites excluding steroid dienone is 4. The van der Waals surface area contributed by atoms with Crippen molar-refractivity contribution in [3.63, 3.8) is 0 Å². The van der Waals surface area contributed by atoms with E-state index >= 15 is 0 Å². The fourth-order valence-corrected chi connectivity index (χ4v) is 8.91. The van der Waals surface area contributed by atoms with E-state index in [0.29, 0.717) is 5.92 Å². The molecule has 8 aromatic rings. The van der Waals surface area contributed by atoms with Crippen LogP contribution in [0.3, 0.4) is 0 Å². The second kappa shape index (κ2) is 9.12. The standard InChI is InChI=1S/C41H26N2S/c1-2-11-29-27(9-1)28-10-3-4-12-30(28)35-23-25(17-19-31(29)35)40-41-34(21-22-42-40)36-24-26(18-20-39(36)44-41)43-37-15-7-5-13-32(37)33-14-6-8-16-38(33)43/h1-22,24,35H,23H2. The molecular formula is C41H26N2S. The summed E-state index contributed by atoms with van der Waals surface area (Å²) in [5.41, 5.74) is 13.0. The average molecular weight is 579 g/mol. The number of hydrogen-bond acceptors (Lipinski definition) is 2. The summed E-state index contributed by atoms with van der Waals surface area (Å²) in [6, 6.07) is 44.4. The quantitative estimate of drug-likeness (QED) is 0.199. The third-order valence-corrected chi connectivity index (χ3v) is 10.8. The molecule has 1 atom stereocenters. The van der Waals surface area contributed by atoms with Crippen LogP contribution in [-0.2, 0) is 0 Å². The second-order valence-corrected chi connectivity index (χ2v) is 12.9. The van der Waals surface area contributed by atoms with Gasteiger partial charge in [-0.2, -0.15) is 0 Å². The van der Waals surface area contributed by atoms with Crippen LogP contribution in [0.2, 0.25) is 0 Å². The van der Waals surface area contributed by atoms with Crippen molar-refractivity contribution in [2.24, 2.45) is 0 Å². The largest absolute Gasteiger partial charge is 0.309 e. The fourth-order valence-electron chi connectivity index (χ4n) is 7.71. The first-order valence-corrected chi connectivity index (χ1v) is 16.0. The minimum absolute atomic E-state index is 0.328. The maximum absolute atomic E-state index is 5.03. The first kappa shape index (κ1) is 24.2. The molecule has 2 aliphatic carbocycles. The molecule has 0 saturated heterocycles. The second-order valence-electron chi connectivity index (χ2n) is 11.9. The van der Waals surface area contributed by atoms with Gasteiger partial charge >= 0.3 is 0 Å². The summed E-state index contributed by atoms with van der Waals surface area (Å²) in [6.07, 6.45) is 7.63. The Hall–Kier alpha value is -5.25. The van der Waals surface area contributed by atoms with Crippen molar-refractivity contribution in [2.75, 3.05) is 0 Å². The first-order chi connectivity index (χ1) is 21.8. The molecule has 0 fully saturated rings. The molecule has 10 rings (SSSR count). The van der Waals surface area contributed by atoms with E-state index < -0.39 is 0 Å². The van der Waals surface area contributed by atoms with E-state index in [0.717, 1.165) is 12.1 Å². The topological polar surface area (TPSA) is 17.8 Å². The Labute approximate surface area is 258 Å². The van der Waals surface area contributed by atoms with E-state index in [1.807, 2.05) is 17.5 Å². The van der Waals surface area contributed by atoms with E-state index in [1.165, 1.54) is 81.1 Å². The van der Waals surface area contributed by atoms with Crippen LogP contribution in [0.25, 0.3) is 69.9 Å². The molecule has 3 heterocycles. The molecule has 0 N–H and O–H groups in total. The van der Waals surface area contributed by atoms with Gasteiger partial charge in [0, 0.05) is 44.0 Å². The van der Waals surface area contributed by atoms with Gasteiger partial charge in [-0.3, -0.25) is 4.98 Å². The fraction of sp³-hybridized carbons (Fsp3) is 0.0488. The lowest BCUT2D eigenvalue weighted by Gasteiger charge is -2.33. The summed E-state index contributed by atoms with van der Waals surface area (Å²) >= 11 is 1.87. The Morgan fingerprint density at radius 2 is 1.32 bits per heavy atom. The summed E-state index contributed by atoms with van der Waals surface area (Å²) in [5, 5.41) is 5.14. The monoisotopic (exact) mass is 578 g/mol. The highest BCUT2D eigenvalue weighted by atomic mass is 32.1. The molecule has 0 saturated carbocycles. The van der Waals surface area contributed by atoms with E-state index in [1.54, 1.807) is 0 Å². The van der Waals surface area contributed by atoms with Crippen LogP contribution in [-0.4, -0.2) is 9.55 Å². The predicted octanol–water partition coefficient (Wildman–Crippen LogP) is 11.2. The zero-order valence-corrected chi connectivity index (χ0v) is 24.7. The van der Waals surface area contributed by atoms with Gasteiger partial charge in [-0.25, -0.2) is 0 Å². The van der Waals surface area contributed by atoms with Gasteiger partial charge in [0.05, 0.1) is 21.4 Å². The SMILES string of the molecule is C1=C(c2nccc3c2sc2ccc(-n4c5ccccc5c5ccccc54)cc23)CC2C(=C1)c1ccccc1-c1ccccc12. The third kappa shape index (κ3) is 3.33. The Bertz CT molecular complexity index is 2490. The molecule has 1 unspecified atom stereocenters. The van der Waals surface area contributed by atoms with E-state index in [9.17, 15) is 0 Å². The van der Waals surface area contributed by atoms with Gasteiger partial charge in [-0.15, -0.1) is 11.3 Å². The van der Waals surface area contributed by atoms with Crippen molar-refractivity contribution in [2.45, 2.75) is 12.3 Å². The van der Waals surface area contributed by atoms with Crippen LogP contribution in [0.1, 0.15) is 29.2 Å². The molecule has 0 aliphatic heterocycles. The van der Waals surface area contributed by atoms with E-state index in [2.05, 4.69) is 138 Å². The van der Waals surface area contributed by atoms with Crippen LogP contribution < -0.4 is 0 Å². The number of rotatable bonds is 2. The molecule has 2 aliphatic rings. The summed E-state index contributed by atoms with van der Waals surface area (Å²) in [5.74, 6) is 0.328. The van der Waals surface area contributed by atoms with Crippen LogP contribution >= 0.6 is 11.3 Å². The number of benzene rings is 5. The number of pyridine rings is 1. The lowest BCUT2D eigenvalue weighted by atomic mass is 9.70. The third-order valence-electron chi connectivity index (χ3n) is 9.64. The molecule has 0 amide bonds. The molecule has 0 radical (unpaired) electrons. The molecule has 0 bridgehead atoms. The van der Waals surface area contributed by atoms with Crippen molar-refractivity contribution >= 4 is 64.5 Å². The minimum atomic E-state index is 0.328. The van der Waals surface area contributed by atoms with Crippen LogP contribution in [0, 0.1) is 0 Å². The number of thiophene rings is 1. The van der Waals surface area contributed by atoms with Gasteiger partial charge in [0.25, 0.3) is 0 Å². The highest BCUT2D eigenvalue weighted by molar-refractivity contribution is 7.26. The van der Waals surface area contributed by atoms with Crippen molar-refractivity contribution in [1.29, 1.82) is 0 Å². The number of nitrogens with zero attached hydrogens (tertiary/aromatic N) is 2. The van der Waals surface area contributed by atoms with E-state index in [-0.39, 0.29) is 0 Å². The predicted molar refractivity (Wildman–Crippen MR) is 187 cm³/mol. The zero-order valence-electron chi connectivity index (χ0n) is 23.9. The van der Waals surface area contributed by atoms with Crippen molar-refractivity contribution in [1.82, 2.24) is 9.55 Å². The van der Waals surface area contributed by atoms with Crippen LogP contribution in [0.5, 0.6) is 0 Å². The number of para-hydroxylation sites is 2. The van der Waals surface area contributed by atoms with Crippen molar-refractivity contribution in [3.8, 4) is 16.8 Å².